The van der Waals surface area contributed by atoms with E-state index >= 15 is 0 Å². The number of carboxylic acid groups (broad SMARTS) is 1. The average molecular weight is 534 g/mol. The molecule has 0 saturated carbocycles. The van der Waals surface area contributed by atoms with Gasteiger partial charge in [-0.1, -0.05) is 16.9 Å². The zero-order valence-electron chi connectivity index (χ0n) is 17.9. The molecule has 0 bridgehead atoms. The van der Waals surface area contributed by atoms with Crippen LogP contribution in [0.2, 0.25) is 0 Å². The molecule has 3 aliphatic heterocycles. The lowest BCUT2D eigenvalue weighted by Crippen LogP contribution is -2.71. The summed E-state index contributed by atoms with van der Waals surface area (Å²) in [6.45, 7) is 0.947. The van der Waals surface area contributed by atoms with Crippen LogP contribution < -0.4 is 10.6 Å². The van der Waals surface area contributed by atoms with Gasteiger partial charge in [-0.05, 0) is 0 Å². The smallest absolute Gasteiger partial charge is 0.352 e. The van der Waals surface area contributed by atoms with Crippen molar-refractivity contribution in [1.82, 2.24) is 15.5 Å². The number of amidine groups is 1. The van der Waals surface area contributed by atoms with Gasteiger partial charge in [-0.2, -0.15) is 0 Å². The van der Waals surface area contributed by atoms with E-state index in [2.05, 4.69) is 20.8 Å². The highest BCUT2D eigenvalue weighted by atomic mass is 35.5. The third-order valence-electron chi connectivity index (χ3n) is 4.74. The number of rotatable bonds is 8. The summed E-state index contributed by atoms with van der Waals surface area (Å²) in [5.41, 5.74) is -0.0861. The van der Waals surface area contributed by atoms with Crippen molar-refractivity contribution < 1.29 is 38.7 Å². The van der Waals surface area contributed by atoms with E-state index in [0.29, 0.717) is 5.75 Å². The number of nitrogens with zero attached hydrogens (tertiary/aromatic N) is 3. The molecule has 0 aliphatic carbocycles. The average Bonchev–Trinajstić information content (AvgIpc) is 3.26. The van der Waals surface area contributed by atoms with Gasteiger partial charge in [-0.15, -0.1) is 23.4 Å². The number of carboxylic acids is 1. The maximum absolute atomic E-state index is 12.9. The maximum atomic E-state index is 12.9. The summed E-state index contributed by atoms with van der Waals surface area (Å²) in [7, 11) is 1.25. The zero-order valence-corrected chi connectivity index (χ0v) is 20.3. The number of ether oxygens (including phenoxy) is 1. The summed E-state index contributed by atoms with van der Waals surface area (Å²) in [6, 6.07) is -1.75. The number of hydrogen-bond donors (Lipinski definition) is 3. The molecule has 3 rings (SSSR count). The van der Waals surface area contributed by atoms with Crippen molar-refractivity contribution >= 4 is 75.7 Å². The summed E-state index contributed by atoms with van der Waals surface area (Å²) < 4.78 is 4.89. The highest BCUT2D eigenvalue weighted by molar-refractivity contribution is 8.14. The molecule has 0 aromatic carbocycles. The molecule has 13 nitrogen and oxygen atoms in total. The number of aliphatic imine (C=N–C) groups is 1. The van der Waals surface area contributed by atoms with Crippen LogP contribution in [-0.4, -0.2) is 99.1 Å². The predicted molar refractivity (Wildman–Crippen MR) is 123 cm³/mol. The van der Waals surface area contributed by atoms with Crippen molar-refractivity contribution in [2.45, 2.75) is 24.4 Å². The number of carbonyl (C=O) groups is 5. The number of nitrogens with one attached hydrogen (secondary N) is 2. The van der Waals surface area contributed by atoms with Crippen LogP contribution in [0.25, 0.3) is 0 Å². The van der Waals surface area contributed by atoms with Crippen LogP contribution in [0.3, 0.4) is 0 Å². The predicted octanol–water partition coefficient (Wildman–Crippen LogP) is -0.883. The molecule has 0 aromatic rings. The number of carbonyl (C=O) groups excluding carboxylic acids is 4. The van der Waals surface area contributed by atoms with Crippen LogP contribution >= 0.6 is 35.1 Å². The Kier molecular flexibility index (Phi) is 8.43. The van der Waals surface area contributed by atoms with E-state index < -0.39 is 47.1 Å². The minimum atomic E-state index is -1.34. The zero-order chi connectivity index (χ0) is 25.0. The quantitative estimate of drug-likeness (QED) is 0.117. The molecule has 16 heteroatoms. The normalized spacial score (nSPS) is 24.0. The van der Waals surface area contributed by atoms with Gasteiger partial charge in [0.05, 0.1) is 0 Å². The number of halogens is 1. The van der Waals surface area contributed by atoms with Gasteiger partial charge in [0.25, 0.3) is 11.8 Å². The molecule has 0 spiro atoms. The number of β-lactam (4-membered cyclic amide) rings is 1. The van der Waals surface area contributed by atoms with Crippen LogP contribution in [0.4, 0.5) is 0 Å². The van der Waals surface area contributed by atoms with Gasteiger partial charge >= 0.3 is 11.9 Å². The molecule has 0 radical (unpaired) electrons. The minimum absolute atomic E-state index is 0.110. The Morgan fingerprint density at radius 3 is 2.71 bits per heavy atom. The largest absolute Gasteiger partial charge is 0.477 e. The van der Waals surface area contributed by atoms with Crippen LogP contribution in [0, 0.1) is 0 Å². The summed E-state index contributed by atoms with van der Waals surface area (Å²) in [5, 5.41) is 18.0. The summed E-state index contributed by atoms with van der Waals surface area (Å²) >= 11 is 7.88. The number of esters is 1. The lowest BCUT2D eigenvalue weighted by Gasteiger charge is -2.49. The van der Waals surface area contributed by atoms with Gasteiger partial charge < -0.3 is 25.3 Å². The Hall–Kier alpha value is -2.78. The molecule has 1 unspecified atom stereocenters. The molecule has 3 atom stereocenters. The van der Waals surface area contributed by atoms with E-state index in [4.69, 9.17) is 21.2 Å². The van der Waals surface area contributed by atoms with E-state index in [0.717, 1.165) is 4.90 Å². The highest BCUT2D eigenvalue weighted by Gasteiger charge is 2.54. The van der Waals surface area contributed by atoms with Crippen molar-refractivity contribution in [2.24, 2.45) is 10.1 Å². The van der Waals surface area contributed by atoms with E-state index in [1.54, 1.807) is 0 Å². The molecule has 34 heavy (non-hydrogen) atoms. The Balaban J connectivity index is 1.71. The van der Waals surface area contributed by atoms with Crippen molar-refractivity contribution in [2.75, 3.05) is 31.1 Å². The first-order valence-corrected chi connectivity index (χ1v) is 12.3. The first-order valence-electron chi connectivity index (χ1n) is 9.69. The molecule has 184 valence electrons. The Bertz CT molecular complexity index is 1020. The fraction of sp³-hybridized carbons (Fsp3) is 0.500. The molecule has 3 aliphatic rings. The first kappa shape index (κ1) is 25.8. The second-order valence-electron chi connectivity index (χ2n) is 7.00. The van der Waals surface area contributed by atoms with Crippen molar-refractivity contribution in [1.29, 1.82) is 0 Å². The fourth-order valence-corrected chi connectivity index (χ4v) is 5.62. The molecule has 3 N–H and O–H groups in total. The third-order valence-corrected chi connectivity index (χ3v) is 7.29. The van der Waals surface area contributed by atoms with Gasteiger partial charge in [0.2, 0.25) is 5.91 Å². The third kappa shape index (κ3) is 5.47. The molecule has 0 aromatic heterocycles. The van der Waals surface area contributed by atoms with E-state index in [-0.39, 0.29) is 40.4 Å². The Labute approximate surface area is 206 Å². The number of oxime groups is 1. The van der Waals surface area contributed by atoms with Gasteiger partial charge in [0.1, 0.15) is 42.8 Å². The fourth-order valence-electron chi connectivity index (χ4n) is 3.29. The number of fused-ring (bicyclic) bond motifs is 1. The highest BCUT2D eigenvalue weighted by Crippen LogP contribution is 2.40. The summed E-state index contributed by atoms with van der Waals surface area (Å²) in [5.74, 6) is -3.47. The standard InChI is InChI=1S/C18H20ClN5O8S2/c1-7(25)32-4-8-5-33-16-12(15(28)24(16)13(8)17(29)30)22-14(27)11(23-31-2)9-6-34-18(20-9)21-10(26)3-19/h9,12,16H,3-6H2,1-2H3,(H,22,27)(H,29,30)(H,20,21,26)/b23-11-/t9?,12-,16-/m1/s1. The lowest BCUT2D eigenvalue weighted by atomic mass is 10.0. The van der Waals surface area contributed by atoms with Crippen LogP contribution in [-0.2, 0) is 33.5 Å². The molecular formula is C18H20ClN5O8S2. The number of amides is 3. The van der Waals surface area contributed by atoms with Crippen molar-refractivity contribution in [3.05, 3.63) is 11.3 Å². The number of aliphatic carboxylic acids is 1. The van der Waals surface area contributed by atoms with Crippen molar-refractivity contribution in [3.8, 4) is 0 Å². The van der Waals surface area contributed by atoms with E-state index in [9.17, 15) is 29.1 Å². The van der Waals surface area contributed by atoms with E-state index in [1.165, 1.54) is 37.6 Å². The second-order valence-corrected chi connectivity index (χ2v) is 9.38. The van der Waals surface area contributed by atoms with Crippen LogP contribution in [0.15, 0.2) is 21.4 Å². The Morgan fingerprint density at radius 2 is 2.09 bits per heavy atom. The molecule has 3 amide bonds. The van der Waals surface area contributed by atoms with Gasteiger partial charge in [0, 0.05) is 24.0 Å². The second kappa shape index (κ2) is 11.1. The van der Waals surface area contributed by atoms with E-state index in [1.807, 2.05) is 0 Å². The van der Waals surface area contributed by atoms with Gasteiger partial charge in [-0.3, -0.25) is 29.1 Å². The summed E-state index contributed by atoms with van der Waals surface area (Å²) in [6.07, 6.45) is 0. The first-order chi connectivity index (χ1) is 16.2. The molecule has 1 saturated heterocycles. The topological polar surface area (TPSA) is 176 Å². The SMILES string of the molecule is CO/N=C(\C(=O)N[C@@H]1C(=O)N2C(C(=O)O)=C(COC(C)=O)CS[C@H]12)C1CSC(NC(=O)CCl)=N1. The number of thioether (sulfide) groups is 2. The van der Waals surface area contributed by atoms with Crippen LogP contribution in [0.1, 0.15) is 6.92 Å². The molecule has 3 heterocycles. The van der Waals surface area contributed by atoms with Gasteiger partial charge in [0.15, 0.2) is 10.9 Å². The number of alkyl halides is 1. The Morgan fingerprint density at radius 1 is 1.35 bits per heavy atom. The lowest BCUT2D eigenvalue weighted by molar-refractivity contribution is -0.150. The van der Waals surface area contributed by atoms with Gasteiger partial charge in [-0.25, -0.2) is 4.79 Å². The minimum Gasteiger partial charge on any atom is -0.477 e. The number of hydrogen-bond acceptors (Lipinski definition) is 11. The molecular weight excluding hydrogens is 514 g/mol. The van der Waals surface area contributed by atoms with Crippen LogP contribution in [0.5, 0.6) is 0 Å². The monoisotopic (exact) mass is 533 g/mol. The maximum Gasteiger partial charge on any atom is 0.352 e. The molecule has 1 fully saturated rings. The summed E-state index contributed by atoms with van der Waals surface area (Å²) in [4.78, 5) is 70.1. The van der Waals surface area contributed by atoms with Crippen molar-refractivity contribution in [3.63, 3.8) is 0 Å².